The third kappa shape index (κ3) is 6.59. The minimum Gasteiger partial charge on any atom is -0.369 e. The van der Waals surface area contributed by atoms with Crippen molar-refractivity contribution < 1.29 is 22.8 Å². The summed E-state index contributed by atoms with van der Waals surface area (Å²) < 4.78 is 39.9. The van der Waals surface area contributed by atoms with E-state index in [1.54, 1.807) is 18.2 Å². The fourth-order valence-corrected chi connectivity index (χ4v) is 5.29. The number of piperazine rings is 1. The molecule has 1 atom stereocenters. The summed E-state index contributed by atoms with van der Waals surface area (Å²) in [5.74, 6) is -2.89. The van der Waals surface area contributed by atoms with Crippen LogP contribution in [0.15, 0.2) is 30.5 Å². The lowest BCUT2D eigenvalue weighted by molar-refractivity contribution is -0.141. The minimum absolute atomic E-state index is 0.155. The number of carbonyl (C=O) groups excluding carboxylic acids is 2. The van der Waals surface area contributed by atoms with Crippen molar-refractivity contribution in [3.8, 4) is 0 Å². The van der Waals surface area contributed by atoms with Gasteiger partial charge in [-0.25, -0.2) is 15.0 Å². The molecule has 1 aliphatic heterocycles. The summed E-state index contributed by atoms with van der Waals surface area (Å²) in [7, 11) is 0. The molecule has 0 bridgehead atoms. The van der Waals surface area contributed by atoms with Gasteiger partial charge in [0.2, 0.25) is 5.91 Å². The monoisotopic (exact) mass is 535 g/mol. The van der Waals surface area contributed by atoms with Crippen molar-refractivity contribution in [2.45, 2.75) is 25.4 Å². The number of thiazole rings is 1. The Balaban J connectivity index is 1.41. The molecule has 1 unspecified atom stereocenters. The Bertz CT molecular complexity index is 1260. The normalized spacial score (nSPS) is 16.1. The van der Waals surface area contributed by atoms with E-state index in [0.717, 1.165) is 69.3 Å². The van der Waals surface area contributed by atoms with Crippen molar-refractivity contribution >= 4 is 33.4 Å². The summed E-state index contributed by atoms with van der Waals surface area (Å²) >= 11 is 1.06. The molecule has 3 aromatic rings. The molecule has 3 N–H and O–H groups in total. The predicted octanol–water partition coefficient (Wildman–Crippen LogP) is 2.48. The van der Waals surface area contributed by atoms with Gasteiger partial charge in [-0.15, -0.1) is 11.3 Å². The lowest BCUT2D eigenvalue weighted by Crippen LogP contribution is -2.46. The molecule has 4 rings (SSSR count). The molecular formula is C24H28F3N7O2S. The Labute approximate surface area is 215 Å². The average Bonchev–Trinajstić information content (AvgIpc) is 3.29. The molecule has 1 fully saturated rings. The van der Waals surface area contributed by atoms with Crippen LogP contribution in [0, 0.1) is 0 Å². The largest absolute Gasteiger partial charge is 0.433 e. The number of carbonyl (C=O) groups is 2. The smallest absolute Gasteiger partial charge is 0.369 e. The fraction of sp³-hybridized carbons (Fsp3) is 0.458. The van der Waals surface area contributed by atoms with E-state index in [4.69, 9.17) is 5.73 Å². The first-order valence-electron chi connectivity index (χ1n) is 12.0. The Kier molecular flexibility index (Phi) is 8.35. The Morgan fingerprint density at radius 2 is 1.86 bits per heavy atom. The summed E-state index contributed by atoms with van der Waals surface area (Å²) in [6, 6.07) is 5.60. The molecule has 37 heavy (non-hydrogen) atoms. The van der Waals surface area contributed by atoms with E-state index in [2.05, 4.69) is 37.0 Å². The molecule has 1 saturated heterocycles. The third-order valence-electron chi connectivity index (χ3n) is 6.27. The van der Waals surface area contributed by atoms with Crippen LogP contribution in [0.3, 0.4) is 0 Å². The number of benzene rings is 1. The van der Waals surface area contributed by atoms with Crippen LogP contribution in [-0.4, -0.2) is 82.4 Å². The number of hydrogen-bond donors (Lipinski definition) is 2. The van der Waals surface area contributed by atoms with Gasteiger partial charge in [-0.1, -0.05) is 6.92 Å². The van der Waals surface area contributed by atoms with Gasteiger partial charge < -0.3 is 20.9 Å². The second kappa shape index (κ2) is 11.5. The second-order valence-electron chi connectivity index (χ2n) is 8.75. The van der Waals surface area contributed by atoms with E-state index >= 15 is 0 Å². The minimum atomic E-state index is -4.69. The van der Waals surface area contributed by atoms with Gasteiger partial charge in [-0.3, -0.25) is 9.59 Å². The Hall–Kier alpha value is -3.16. The van der Waals surface area contributed by atoms with Crippen LogP contribution in [0.1, 0.15) is 46.1 Å². The topological polar surface area (TPSA) is 117 Å². The van der Waals surface area contributed by atoms with Crippen LogP contribution in [0.2, 0.25) is 0 Å². The van der Waals surface area contributed by atoms with Gasteiger partial charge in [0.15, 0.2) is 0 Å². The highest BCUT2D eigenvalue weighted by atomic mass is 32.1. The van der Waals surface area contributed by atoms with E-state index < -0.39 is 23.7 Å². The zero-order valence-electron chi connectivity index (χ0n) is 20.3. The average molecular weight is 536 g/mol. The van der Waals surface area contributed by atoms with Crippen molar-refractivity contribution in [3.05, 3.63) is 52.6 Å². The number of likely N-dealkylation sites (N-methyl/N-ethyl adjacent to an activating group) is 1. The molecule has 2 aromatic heterocycles. The van der Waals surface area contributed by atoms with Gasteiger partial charge in [0.1, 0.15) is 22.4 Å². The summed E-state index contributed by atoms with van der Waals surface area (Å²) in [6.07, 6.45) is -2.93. The highest BCUT2D eigenvalue weighted by Crippen LogP contribution is 2.33. The first-order valence-corrected chi connectivity index (χ1v) is 12.8. The van der Waals surface area contributed by atoms with Crippen molar-refractivity contribution in [2.75, 3.05) is 45.8 Å². The molecule has 13 heteroatoms. The lowest BCUT2D eigenvalue weighted by Gasteiger charge is -2.33. The standard InChI is InChI=1S/C24H28F3N7O2S/c1-2-33-10-12-34(13-11-33)9-3-7-30-22(36)15-4-5-16-17(14-15)37-23(31-16)19(20(28)35)21-29-8-6-18(32-21)24(25,26)27/h4-6,8,14,19H,2-3,7,9-13H2,1H3,(H2,28,35)(H,30,36). The van der Waals surface area contributed by atoms with Gasteiger partial charge in [-0.2, -0.15) is 13.2 Å². The van der Waals surface area contributed by atoms with Crippen molar-refractivity contribution in [1.82, 2.24) is 30.1 Å². The van der Waals surface area contributed by atoms with Gasteiger partial charge in [0.25, 0.3) is 5.91 Å². The van der Waals surface area contributed by atoms with E-state index in [9.17, 15) is 22.8 Å². The Morgan fingerprint density at radius 1 is 1.14 bits per heavy atom. The van der Waals surface area contributed by atoms with Crippen LogP contribution < -0.4 is 11.1 Å². The summed E-state index contributed by atoms with van der Waals surface area (Å²) in [5, 5.41) is 3.08. The van der Waals surface area contributed by atoms with Crippen LogP contribution in [-0.2, 0) is 11.0 Å². The number of nitrogens with zero attached hydrogens (tertiary/aromatic N) is 5. The number of fused-ring (bicyclic) bond motifs is 1. The first kappa shape index (κ1) is 26.9. The van der Waals surface area contributed by atoms with Crippen molar-refractivity contribution in [2.24, 2.45) is 5.73 Å². The number of aromatic nitrogens is 3. The number of halogens is 3. The zero-order valence-corrected chi connectivity index (χ0v) is 21.1. The molecule has 198 valence electrons. The zero-order chi connectivity index (χ0) is 26.6. The van der Waals surface area contributed by atoms with Crippen LogP contribution >= 0.6 is 11.3 Å². The van der Waals surface area contributed by atoms with Gasteiger partial charge >= 0.3 is 6.18 Å². The highest BCUT2D eigenvalue weighted by Gasteiger charge is 2.35. The van der Waals surface area contributed by atoms with Gasteiger partial charge in [0, 0.05) is 44.5 Å². The molecular weight excluding hydrogens is 507 g/mol. The SMILES string of the molecule is CCN1CCN(CCCNC(=O)c2ccc3nc(C(C(N)=O)c4nccc(C(F)(F)F)n4)sc3c2)CC1. The highest BCUT2D eigenvalue weighted by molar-refractivity contribution is 7.18. The third-order valence-corrected chi connectivity index (χ3v) is 7.35. The second-order valence-corrected chi connectivity index (χ2v) is 9.82. The summed E-state index contributed by atoms with van der Waals surface area (Å²) in [6.45, 7) is 8.88. The van der Waals surface area contributed by atoms with E-state index in [1.807, 2.05) is 0 Å². The summed E-state index contributed by atoms with van der Waals surface area (Å²) in [4.78, 5) is 41.3. The molecule has 0 radical (unpaired) electrons. The molecule has 0 spiro atoms. The number of rotatable bonds is 9. The molecule has 0 aliphatic carbocycles. The maximum absolute atomic E-state index is 13.1. The molecule has 0 saturated carbocycles. The lowest BCUT2D eigenvalue weighted by atomic mass is 10.1. The number of nitrogens with one attached hydrogen (secondary N) is 1. The predicted molar refractivity (Wildman–Crippen MR) is 133 cm³/mol. The van der Waals surface area contributed by atoms with E-state index in [1.165, 1.54) is 0 Å². The number of primary amides is 1. The number of nitrogens with two attached hydrogens (primary N) is 1. The maximum atomic E-state index is 13.1. The van der Waals surface area contributed by atoms with Gasteiger partial charge in [0.05, 0.1) is 10.2 Å². The number of amides is 2. The van der Waals surface area contributed by atoms with Crippen LogP contribution in [0.5, 0.6) is 0 Å². The van der Waals surface area contributed by atoms with Crippen LogP contribution in [0.4, 0.5) is 13.2 Å². The number of hydrogen-bond acceptors (Lipinski definition) is 8. The van der Waals surface area contributed by atoms with Gasteiger partial charge in [-0.05, 0) is 43.8 Å². The van der Waals surface area contributed by atoms with E-state index in [-0.39, 0.29) is 16.7 Å². The summed E-state index contributed by atoms with van der Waals surface area (Å²) in [5.41, 5.74) is 5.23. The van der Waals surface area contributed by atoms with E-state index in [0.29, 0.717) is 22.3 Å². The Morgan fingerprint density at radius 3 is 2.54 bits per heavy atom. The van der Waals surface area contributed by atoms with Crippen molar-refractivity contribution in [1.29, 1.82) is 0 Å². The van der Waals surface area contributed by atoms with Crippen molar-refractivity contribution in [3.63, 3.8) is 0 Å². The fourth-order valence-electron chi connectivity index (χ4n) is 4.17. The molecule has 3 heterocycles. The molecule has 9 nitrogen and oxygen atoms in total. The molecule has 1 aliphatic rings. The first-order chi connectivity index (χ1) is 17.7. The van der Waals surface area contributed by atoms with Crippen LogP contribution in [0.25, 0.3) is 10.2 Å². The molecule has 1 aromatic carbocycles. The number of alkyl halides is 3. The molecule has 2 amide bonds. The quantitative estimate of drug-likeness (QED) is 0.404. The maximum Gasteiger partial charge on any atom is 0.433 e.